The summed E-state index contributed by atoms with van der Waals surface area (Å²) in [7, 11) is 1.37. The zero-order valence-electron chi connectivity index (χ0n) is 21.5. The van der Waals surface area contributed by atoms with Crippen molar-refractivity contribution >= 4 is 18.0 Å². The topological polar surface area (TPSA) is 114 Å². The van der Waals surface area contributed by atoms with Crippen LogP contribution in [-0.4, -0.2) is 37.3 Å². The quantitative estimate of drug-likeness (QED) is 0.0682. The molecule has 0 bridgehead atoms. The smallest absolute Gasteiger partial charge is 0.353 e. The Morgan fingerprint density at radius 2 is 1.62 bits per heavy atom. The van der Waals surface area contributed by atoms with Crippen molar-refractivity contribution < 1.29 is 38.1 Å². The van der Waals surface area contributed by atoms with Crippen molar-refractivity contribution in [3.8, 4) is 22.6 Å². The molecule has 0 radical (unpaired) electrons. The zero-order valence-corrected chi connectivity index (χ0v) is 21.5. The summed E-state index contributed by atoms with van der Waals surface area (Å²) in [5.74, 6) is -1.53. The summed E-state index contributed by atoms with van der Waals surface area (Å²) in [4.78, 5) is 38.9. The minimum absolute atomic E-state index is 0.0175. The van der Waals surface area contributed by atoms with Gasteiger partial charge in [-0.05, 0) is 54.7 Å². The minimum atomic E-state index is -2.42. The first kappa shape index (κ1) is 28.8. The third kappa shape index (κ3) is 8.39. The van der Waals surface area contributed by atoms with Gasteiger partial charge in [0, 0.05) is 11.6 Å². The molecule has 0 unspecified atom stereocenters. The van der Waals surface area contributed by atoms with Gasteiger partial charge in [0.15, 0.2) is 11.5 Å². The number of unbranched alkanes of at least 4 members (excludes halogenated alkanes) is 1. The van der Waals surface area contributed by atoms with Crippen molar-refractivity contribution in [3.63, 3.8) is 0 Å². The highest BCUT2D eigenvalue weighted by Crippen LogP contribution is 2.34. The van der Waals surface area contributed by atoms with E-state index in [0.717, 1.165) is 18.1 Å². The summed E-state index contributed by atoms with van der Waals surface area (Å²) in [5.41, 5.74) is 0.134. The molecule has 3 rings (SSSR count). The number of hydrogen-bond donors (Lipinski definition) is 0. The van der Waals surface area contributed by atoms with Crippen LogP contribution in [0.25, 0.3) is 17.2 Å². The monoisotopic (exact) mass is 537 g/mol. The Hall–Kier alpha value is -4.73. The molecule has 0 aliphatic rings. The number of methoxy groups -OCH3 is 1. The number of carbonyl (C=O) groups excluding carboxylic acids is 2. The molecule has 39 heavy (non-hydrogen) atoms. The maximum absolute atomic E-state index is 15.6. The second kappa shape index (κ2) is 13.7. The largest absolute Gasteiger partial charge is 0.493 e. The number of ether oxygens (including phenoxy) is 3. The number of benzene rings is 3. The van der Waals surface area contributed by atoms with Gasteiger partial charge in [0.05, 0.1) is 20.3 Å². The van der Waals surface area contributed by atoms with Crippen molar-refractivity contribution in [3.05, 3.63) is 100 Å². The van der Waals surface area contributed by atoms with E-state index in [1.54, 1.807) is 30.3 Å². The van der Waals surface area contributed by atoms with Crippen LogP contribution < -0.4 is 9.47 Å². The summed E-state index contributed by atoms with van der Waals surface area (Å²) in [6.45, 7) is 1.15. The summed E-state index contributed by atoms with van der Waals surface area (Å²) in [6, 6.07) is 20.7. The van der Waals surface area contributed by atoms with E-state index in [2.05, 4.69) is 4.84 Å². The van der Waals surface area contributed by atoms with Gasteiger partial charge >= 0.3 is 11.9 Å². The van der Waals surface area contributed by atoms with Gasteiger partial charge in [-0.15, -0.1) is 10.1 Å². The molecule has 0 fully saturated rings. The van der Waals surface area contributed by atoms with Gasteiger partial charge in [-0.2, -0.15) is 0 Å². The number of esters is 2. The second-order valence-electron chi connectivity index (χ2n) is 8.51. The van der Waals surface area contributed by atoms with Gasteiger partial charge in [0.25, 0.3) is 5.09 Å². The Morgan fingerprint density at radius 3 is 2.28 bits per heavy atom. The van der Waals surface area contributed by atoms with E-state index in [9.17, 15) is 19.7 Å². The fraction of sp³-hybridized carbons (Fsp3) is 0.241. The maximum atomic E-state index is 15.6. The molecule has 0 aliphatic heterocycles. The average Bonchev–Trinajstić information content (AvgIpc) is 2.94. The van der Waals surface area contributed by atoms with Crippen molar-refractivity contribution in [2.45, 2.75) is 25.4 Å². The first-order valence-electron chi connectivity index (χ1n) is 12.1. The molecule has 0 heterocycles. The van der Waals surface area contributed by atoms with Gasteiger partial charge in [0.2, 0.25) is 5.67 Å². The van der Waals surface area contributed by atoms with Crippen LogP contribution in [0, 0.1) is 10.1 Å². The lowest BCUT2D eigenvalue weighted by Crippen LogP contribution is -2.32. The first-order valence-corrected chi connectivity index (χ1v) is 12.1. The summed E-state index contributed by atoms with van der Waals surface area (Å²) >= 11 is 0. The molecule has 9 nitrogen and oxygen atoms in total. The molecular weight excluding hydrogens is 509 g/mol. The number of hydrogen-bond acceptors (Lipinski definition) is 8. The van der Waals surface area contributed by atoms with E-state index in [-0.39, 0.29) is 30.3 Å². The summed E-state index contributed by atoms with van der Waals surface area (Å²) in [6.07, 6.45) is 3.45. The number of halogens is 1. The highest BCUT2D eigenvalue weighted by atomic mass is 19.1. The van der Waals surface area contributed by atoms with Crippen LogP contribution in [0.4, 0.5) is 4.39 Å². The van der Waals surface area contributed by atoms with Gasteiger partial charge in [0.1, 0.15) is 0 Å². The van der Waals surface area contributed by atoms with Crippen LogP contribution in [0.1, 0.15) is 30.9 Å². The Balaban J connectivity index is 1.59. The number of rotatable bonds is 13. The molecule has 3 aromatic carbocycles. The number of nitrogens with zero attached hydrogens (tertiary/aromatic N) is 1. The molecule has 1 atom stereocenters. The van der Waals surface area contributed by atoms with E-state index in [1.165, 1.54) is 31.4 Å². The number of carbonyl (C=O) groups is 2. The Labute approximate surface area is 224 Å². The molecule has 0 saturated heterocycles. The Morgan fingerprint density at radius 1 is 0.949 bits per heavy atom. The fourth-order valence-electron chi connectivity index (χ4n) is 3.52. The van der Waals surface area contributed by atoms with Crippen molar-refractivity contribution in [1.82, 2.24) is 0 Å². The molecule has 0 amide bonds. The summed E-state index contributed by atoms with van der Waals surface area (Å²) in [5, 5.41) is 9.19. The van der Waals surface area contributed by atoms with Crippen molar-refractivity contribution in [2.75, 3.05) is 20.3 Å². The lowest BCUT2D eigenvalue weighted by molar-refractivity contribution is -0.757. The molecule has 0 aromatic heterocycles. The van der Waals surface area contributed by atoms with Crippen LogP contribution in [-0.2, 0) is 24.8 Å². The van der Waals surface area contributed by atoms with Crippen molar-refractivity contribution in [2.24, 2.45) is 0 Å². The second-order valence-corrected chi connectivity index (χ2v) is 8.51. The van der Waals surface area contributed by atoms with Crippen LogP contribution in [0.2, 0.25) is 0 Å². The Kier molecular flexibility index (Phi) is 10.1. The maximum Gasteiger partial charge on any atom is 0.353 e. The lowest BCUT2D eigenvalue weighted by atomic mass is 9.95. The van der Waals surface area contributed by atoms with E-state index in [4.69, 9.17) is 14.2 Å². The minimum Gasteiger partial charge on any atom is -0.493 e. The molecule has 0 N–H and O–H groups in total. The average molecular weight is 538 g/mol. The predicted molar refractivity (Wildman–Crippen MR) is 141 cm³/mol. The third-order valence-corrected chi connectivity index (χ3v) is 5.70. The Bertz CT molecular complexity index is 1310. The van der Waals surface area contributed by atoms with Gasteiger partial charge < -0.3 is 19.0 Å². The van der Waals surface area contributed by atoms with Gasteiger partial charge in [-0.3, -0.25) is 0 Å². The zero-order chi connectivity index (χ0) is 28.3. The van der Waals surface area contributed by atoms with Gasteiger partial charge in [-0.25, -0.2) is 14.0 Å². The standard InChI is InChI=1S/C29H28FNO8/c1-29(30,24-14-12-23(13-15-24)22-8-4-3-5-9-22)28(33)39-25-16-10-21(20-26(25)36-2)11-17-27(32)37-18-6-7-19-38-31(34)35/h3-5,8-17,20H,6-7,18-19H2,1-2H3/t29-/m1/s1. The van der Waals surface area contributed by atoms with Crippen molar-refractivity contribution in [1.29, 1.82) is 0 Å². The molecule has 3 aromatic rings. The lowest BCUT2D eigenvalue weighted by Gasteiger charge is -2.20. The number of alkyl halides is 1. The van der Waals surface area contributed by atoms with Crippen LogP contribution in [0.3, 0.4) is 0 Å². The normalized spacial score (nSPS) is 12.4. The molecular formula is C29H28FNO8. The van der Waals surface area contributed by atoms with E-state index in [0.29, 0.717) is 18.4 Å². The highest BCUT2D eigenvalue weighted by molar-refractivity contribution is 5.87. The molecule has 0 spiro atoms. The first-order chi connectivity index (χ1) is 18.7. The fourth-order valence-corrected chi connectivity index (χ4v) is 3.52. The van der Waals surface area contributed by atoms with Crippen LogP contribution in [0.5, 0.6) is 11.5 Å². The SMILES string of the molecule is COc1cc(C=CC(=O)OCCCCO[N+](=O)[O-])ccc1OC(=O)[C@](C)(F)c1ccc(-c2ccccc2)cc1. The highest BCUT2D eigenvalue weighted by Gasteiger charge is 2.38. The van der Waals surface area contributed by atoms with Crippen LogP contribution in [0.15, 0.2) is 78.9 Å². The predicted octanol–water partition coefficient (Wildman–Crippen LogP) is 5.70. The molecule has 10 heteroatoms. The molecule has 0 saturated carbocycles. The van der Waals surface area contributed by atoms with E-state index in [1.807, 2.05) is 30.3 Å². The van der Waals surface area contributed by atoms with Crippen LogP contribution >= 0.6 is 0 Å². The third-order valence-electron chi connectivity index (χ3n) is 5.70. The molecule has 0 aliphatic carbocycles. The van der Waals surface area contributed by atoms with Gasteiger partial charge in [-0.1, -0.05) is 60.7 Å². The molecule has 204 valence electrons. The summed E-state index contributed by atoms with van der Waals surface area (Å²) < 4.78 is 31.2. The van der Waals surface area contributed by atoms with E-state index >= 15 is 4.39 Å². The van der Waals surface area contributed by atoms with E-state index < -0.39 is 22.7 Å².